The highest BCUT2D eigenvalue weighted by Crippen LogP contribution is 2.12. The molecule has 0 aromatic heterocycles. The van der Waals surface area contributed by atoms with Gasteiger partial charge in [0.05, 0.1) is 17.1 Å². The molecule has 0 fully saturated rings. The zero-order valence-corrected chi connectivity index (χ0v) is 12.3. The lowest BCUT2D eigenvalue weighted by Crippen LogP contribution is -2.35. The molecule has 0 heterocycles. The third-order valence-electron chi connectivity index (χ3n) is 3.23. The van der Waals surface area contributed by atoms with Gasteiger partial charge in [-0.3, -0.25) is 0 Å². The molecule has 5 heteroatoms. The summed E-state index contributed by atoms with van der Waals surface area (Å²) in [5.74, 6) is 0.435. The Bertz CT molecular complexity index is 284. The van der Waals surface area contributed by atoms with Crippen LogP contribution >= 0.6 is 0 Å². The quantitative estimate of drug-likeness (QED) is 0.615. The molecule has 0 aromatic carbocycles. The van der Waals surface area contributed by atoms with Crippen molar-refractivity contribution in [2.45, 2.75) is 51.9 Å². The molecule has 1 unspecified atom stereocenters. The molecule has 0 amide bonds. The first-order valence-corrected chi connectivity index (χ1v) is 8.17. The van der Waals surface area contributed by atoms with Gasteiger partial charge in [-0.1, -0.05) is 26.7 Å². The van der Waals surface area contributed by atoms with Gasteiger partial charge in [-0.05, 0) is 19.8 Å². The Labute approximate surface area is 106 Å². The first-order chi connectivity index (χ1) is 7.85. The van der Waals surface area contributed by atoms with Gasteiger partial charge in [-0.25, -0.2) is 8.42 Å². The van der Waals surface area contributed by atoms with Gasteiger partial charge in [-0.15, -0.1) is 0 Å². The molecule has 0 aliphatic carbocycles. The average molecular weight is 265 g/mol. The lowest BCUT2D eigenvalue weighted by Gasteiger charge is -2.20. The van der Waals surface area contributed by atoms with E-state index in [0.29, 0.717) is 19.0 Å². The van der Waals surface area contributed by atoms with Crippen molar-refractivity contribution in [2.75, 3.05) is 18.8 Å². The molecule has 0 aromatic rings. The molecule has 17 heavy (non-hydrogen) atoms. The van der Waals surface area contributed by atoms with Gasteiger partial charge >= 0.3 is 0 Å². The Morgan fingerprint density at radius 2 is 1.71 bits per heavy atom. The van der Waals surface area contributed by atoms with Crippen LogP contribution in [0, 0.1) is 5.92 Å². The number of nitrogens with one attached hydrogen (secondary N) is 1. The number of rotatable bonds is 9. The second-order valence-corrected chi connectivity index (χ2v) is 7.44. The van der Waals surface area contributed by atoms with Crippen LogP contribution in [0.15, 0.2) is 0 Å². The van der Waals surface area contributed by atoms with Gasteiger partial charge < -0.3 is 10.4 Å². The van der Waals surface area contributed by atoms with Crippen molar-refractivity contribution >= 4 is 9.84 Å². The van der Waals surface area contributed by atoms with Crippen LogP contribution in [0.2, 0.25) is 0 Å². The fourth-order valence-corrected chi connectivity index (χ4v) is 2.60. The van der Waals surface area contributed by atoms with E-state index in [1.54, 1.807) is 13.8 Å². The maximum Gasteiger partial charge on any atom is 0.153 e. The molecule has 0 spiro atoms. The van der Waals surface area contributed by atoms with Crippen LogP contribution in [0.25, 0.3) is 0 Å². The summed E-state index contributed by atoms with van der Waals surface area (Å²) in [6.45, 7) is 8.38. The van der Waals surface area contributed by atoms with E-state index in [4.69, 9.17) is 0 Å². The number of hydrogen-bond acceptors (Lipinski definition) is 4. The summed E-state index contributed by atoms with van der Waals surface area (Å²) in [7, 11) is -2.97. The van der Waals surface area contributed by atoms with E-state index < -0.39 is 9.84 Å². The lowest BCUT2D eigenvalue weighted by molar-refractivity contribution is 0.102. The smallest absolute Gasteiger partial charge is 0.153 e. The number of aliphatic hydroxyl groups excluding tert-OH is 1. The minimum Gasteiger partial charge on any atom is -0.392 e. The highest BCUT2D eigenvalue weighted by atomic mass is 32.2. The maximum absolute atomic E-state index is 11.5. The summed E-state index contributed by atoms with van der Waals surface area (Å²) < 4.78 is 23.0. The lowest BCUT2D eigenvalue weighted by atomic mass is 9.97. The van der Waals surface area contributed by atoms with Crippen LogP contribution in [-0.4, -0.2) is 43.7 Å². The van der Waals surface area contributed by atoms with E-state index >= 15 is 0 Å². The SMILES string of the molecule is CCC(CC)C(O)CNCCS(=O)(=O)C(C)C. The zero-order valence-electron chi connectivity index (χ0n) is 11.4. The predicted octanol–water partition coefficient (Wildman–Crippen LogP) is 1.20. The highest BCUT2D eigenvalue weighted by Gasteiger charge is 2.17. The van der Waals surface area contributed by atoms with Gasteiger partial charge in [-0.2, -0.15) is 0 Å². The fourth-order valence-electron chi connectivity index (χ4n) is 1.70. The minimum absolute atomic E-state index is 0.139. The summed E-state index contributed by atoms with van der Waals surface area (Å²) in [5.41, 5.74) is 0. The summed E-state index contributed by atoms with van der Waals surface area (Å²) in [6.07, 6.45) is 1.51. The van der Waals surface area contributed by atoms with Crippen molar-refractivity contribution in [2.24, 2.45) is 5.92 Å². The molecule has 2 N–H and O–H groups in total. The Kier molecular flexibility index (Phi) is 8.00. The maximum atomic E-state index is 11.5. The predicted molar refractivity (Wildman–Crippen MR) is 71.9 cm³/mol. The van der Waals surface area contributed by atoms with Crippen LogP contribution in [-0.2, 0) is 9.84 Å². The normalized spacial score (nSPS) is 14.5. The van der Waals surface area contributed by atoms with Gasteiger partial charge in [0.2, 0.25) is 0 Å². The van der Waals surface area contributed by atoms with E-state index in [0.717, 1.165) is 12.8 Å². The van der Waals surface area contributed by atoms with Crippen LogP contribution < -0.4 is 5.32 Å². The number of aliphatic hydroxyl groups is 1. The Morgan fingerprint density at radius 1 is 1.18 bits per heavy atom. The van der Waals surface area contributed by atoms with Crippen molar-refractivity contribution in [3.63, 3.8) is 0 Å². The number of sulfone groups is 1. The molecule has 0 saturated carbocycles. The van der Waals surface area contributed by atoms with Crippen molar-refractivity contribution < 1.29 is 13.5 Å². The van der Waals surface area contributed by atoms with Gasteiger partial charge in [0.25, 0.3) is 0 Å². The Balaban J connectivity index is 3.86. The van der Waals surface area contributed by atoms with Crippen molar-refractivity contribution in [3.8, 4) is 0 Å². The van der Waals surface area contributed by atoms with E-state index in [2.05, 4.69) is 19.2 Å². The molecule has 0 bridgehead atoms. The van der Waals surface area contributed by atoms with E-state index in [-0.39, 0.29) is 17.1 Å². The standard InChI is InChI=1S/C12H27NO3S/c1-5-11(6-2)12(14)9-13-7-8-17(15,16)10(3)4/h10-14H,5-9H2,1-4H3. The number of hydrogen-bond donors (Lipinski definition) is 2. The second kappa shape index (κ2) is 8.06. The van der Waals surface area contributed by atoms with Gasteiger partial charge in [0.1, 0.15) is 0 Å². The van der Waals surface area contributed by atoms with E-state index in [1.165, 1.54) is 0 Å². The summed E-state index contributed by atoms with van der Waals surface area (Å²) in [6, 6.07) is 0. The molecular formula is C12H27NO3S. The van der Waals surface area contributed by atoms with E-state index in [9.17, 15) is 13.5 Å². The third-order valence-corrected chi connectivity index (χ3v) is 5.44. The molecule has 0 aliphatic rings. The van der Waals surface area contributed by atoms with Crippen molar-refractivity contribution in [1.82, 2.24) is 5.32 Å². The fraction of sp³-hybridized carbons (Fsp3) is 1.00. The molecule has 4 nitrogen and oxygen atoms in total. The van der Waals surface area contributed by atoms with E-state index in [1.807, 2.05) is 0 Å². The second-order valence-electron chi connectivity index (χ2n) is 4.76. The topological polar surface area (TPSA) is 66.4 Å². The van der Waals surface area contributed by atoms with Crippen LogP contribution in [0.5, 0.6) is 0 Å². The van der Waals surface area contributed by atoms with Crippen LogP contribution in [0.4, 0.5) is 0 Å². The van der Waals surface area contributed by atoms with Gasteiger partial charge in [0.15, 0.2) is 9.84 Å². The zero-order chi connectivity index (χ0) is 13.5. The molecule has 104 valence electrons. The van der Waals surface area contributed by atoms with Crippen LogP contribution in [0.3, 0.4) is 0 Å². The molecule has 0 radical (unpaired) electrons. The molecule has 0 saturated heterocycles. The molecule has 0 rings (SSSR count). The van der Waals surface area contributed by atoms with Crippen LogP contribution in [0.1, 0.15) is 40.5 Å². The summed E-state index contributed by atoms with van der Waals surface area (Å²) in [4.78, 5) is 0. The first-order valence-electron chi connectivity index (χ1n) is 6.45. The Hall–Kier alpha value is -0.130. The van der Waals surface area contributed by atoms with Gasteiger partial charge in [0, 0.05) is 13.1 Å². The third kappa shape index (κ3) is 6.38. The highest BCUT2D eigenvalue weighted by molar-refractivity contribution is 7.92. The molecule has 0 aliphatic heterocycles. The minimum atomic E-state index is -2.97. The average Bonchev–Trinajstić information content (AvgIpc) is 2.26. The monoisotopic (exact) mass is 265 g/mol. The largest absolute Gasteiger partial charge is 0.392 e. The summed E-state index contributed by atoms with van der Waals surface area (Å²) >= 11 is 0. The Morgan fingerprint density at radius 3 is 2.12 bits per heavy atom. The van der Waals surface area contributed by atoms with Crippen molar-refractivity contribution in [1.29, 1.82) is 0 Å². The summed E-state index contributed by atoms with van der Waals surface area (Å²) in [5, 5.41) is 12.5. The molecule has 1 atom stereocenters. The van der Waals surface area contributed by atoms with Crippen molar-refractivity contribution in [3.05, 3.63) is 0 Å². The molecular weight excluding hydrogens is 238 g/mol. The first kappa shape index (κ1) is 16.9.